The molecular formula is C28H28FNO4. The number of nitrogens with zero attached hydrogens (tertiary/aromatic N) is 1. The lowest BCUT2D eigenvalue weighted by molar-refractivity contribution is -0.137. The zero-order chi connectivity index (χ0) is 24.3. The Labute approximate surface area is 198 Å². The third-order valence-electron chi connectivity index (χ3n) is 6.09. The van der Waals surface area contributed by atoms with Crippen LogP contribution >= 0.6 is 0 Å². The smallest absolute Gasteiger partial charge is 0.323 e. The summed E-state index contributed by atoms with van der Waals surface area (Å²) in [6, 6.07) is 19.6. The summed E-state index contributed by atoms with van der Waals surface area (Å²) in [5, 5.41) is 9.36. The van der Waals surface area contributed by atoms with Crippen LogP contribution in [0.1, 0.15) is 39.5 Å². The number of halogens is 1. The molecule has 1 aliphatic heterocycles. The highest BCUT2D eigenvalue weighted by Gasteiger charge is 2.35. The lowest BCUT2D eigenvalue weighted by Gasteiger charge is -2.24. The Kier molecular flexibility index (Phi) is 6.68. The van der Waals surface area contributed by atoms with Gasteiger partial charge in [-0.2, -0.15) is 0 Å². The van der Waals surface area contributed by atoms with Crippen LogP contribution in [0, 0.1) is 12.7 Å². The van der Waals surface area contributed by atoms with Crippen molar-refractivity contribution in [2.24, 2.45) is 0 Å². The number of aryl methyl sites for hydroxylation is 1. The number of carboxylic acid groups (broad SMARTS) is 1. The van der Waals surface area contributed by atoms with Crippen molar-refractivity contribution in [3.63, 3.8) is 0 Å². The number of hydrogen-bond acceptors (Lipinski definition) is 3. The lowest BCUT2D eigenvalue weighted by atomic mass is 9.91. The van der Waals surface area contributed by atoms with E-state index in [9.17, 15) is 19.1 Å². The van der Waals surface area contributed by atoms with Gasteiger partial charge in [0.1, 0.15) is 23.7 Å². The molecule has 1 amide bonds. The van der Waals surface area contributed by atoms with Crippen molar-refractivity contribution >= 4 is 11.9 Å². The molecule has 0 aromatic heterocycles. The van der Waals surface area contributed by atoms with Crippen LogP contribution in [0.25, 0.3) is 0 Å². The summed E-state index contributed by atoms with van der Waals surface area (Å²) in [5.41, 5.74) is 3.99. The molecule has 6 heteroatoms. The van der Waals surface area contributed by atoms with Crippen LogP contribution in [0.15, 0.2) is 66.7 Å². The molecule has 0 saturated carbocycles. The molecule has 0 fully saturated rings. The minimum absolute atomic E-state index is 0.277. The van der Waals surface area contributed by atoms with Crippen molar-refractivity contribution < 1.29 is 23.8 Å². The first kappa shape index (κ1) is 23.5. The molecule has 0 radical (unpaired) electrons. The van der Waals surface area contributed by atoms with Crippen molar-refractivity contribution in [2.45, 2.75) is 38.7 Å². The van der Waals surface area contributed by atoms with Crippen LogP contribution < -0.4 is 4.74 Å². The fourth-order valence-electron chi connectivity index (χ4n) is 4.52. The minimum atomic E-state index is -1.05. The van der Waals surface area contributed by atoms with Crippen molar-refractivity contribution in [1.29, 1.82) is 0 Å². The van der Waals surface area contributed by atoms with E-state index in [4.69, 9.17) is 4.74 Å². The molecule has 4 rings (SSSR count). The zero-order valence-electron chi connectivity index (χ0n) is 19.4. The Morgan fingerprint density at radius 2 is 1.82 bits per heavy atom. The van der Waals surface area contributed by atoms with Crippen LogP contribution in [-0.4, -0.2) is 40.6 Å². The highest BCUT2D eigenvalue weighted by Crippen LogP contribution is 2.37. The second kappa shape index (κ2) is 9.67. The largest absolute Gasteiger partial charge is 0.487 e. The second-order valence-electron chi connectivity index (χ2n) is 9.21. The maximum absolute atomic E-state index is 13.2. The molecular weight excluding hydrogens is 433 g/mol. The molecule has 1 aliphatic rings. The number of hydrogen-bond donors (Lipinski definition) is 1. The molecule has 0 spiro atoms. The van der Waals surface area contributed by atoms with E-state index in [0.29, 0.717) is 37.1 Å². The third kappa shape index (κ3) is 5.63. The van der Waals surface area contributed by atoms with Crippen molar-refractivity contribution in [2.75, 3.05) is 13.1 Å². The molecule has 1 N–H and O–H groups in total. The van der Waals surface area contributed by atoms with Gasteiger partial charge in [-0.25, -0.2) is 4.39 Å². The summed E-state index contributed by atoms with van der Waals surface area (Å²) in [6.07, 6.45) is 1.78. The summed E-state index contributed by atoms with van der Waals surface area (Å²) < 4.78 is 19.4. The molecule has 176 valence electrons. The Bertz CT molecular complexity index is 1210. The SMILES string of the molecule is Cc1cccc(CCN(CC(=O)O)C(=O)c2ccc3c(c2)C[C@](C)(Cc2ccc(F)cc2)O3)c1. The molecule has 5 nitrogen and oxygen atoms in total. The predicted molar refractivity (Wildman–Crippen MR) is 128 cm³/mol. The summed E-state index contributed by atoms with van der Waals surface area (Å²) in [4.78, 5) is 26.1. The quantitative estimate of drug-likeness (QED) is 0.521. The molecule has 0 aliphatic carbocycles. The topological polar surface area (TPSA) is 66.8 Å². The maximum Gasteiger partial charge on any atom is 0.323 e. The van der Waals surface area contributed by atoms with Gasteiger partial charge < -0.3 is 14.7 Å². The number of carbonyl (C=O) groups is 2. The monoisotopic (exact) mass is 461 g/mol. The van der Waals surface area contributed by atoms with E-state index in [2.05, 4.69) is 0 Å². The number of carbonyl (C=O) groups excluding carboxylic acids is 1. The van der Waals surface area contributed by atoms with E-state index in [1.165, 1.54) is 17.0 Å². The summed E-state index contributed by atoms with van der Waals surface area (Å²) in [5.74, 6) is -0.925. The molecule has 0 bridgehead atoms. The maximum atomic E-state index is 13.2. The van der Waals surface area contributed by atoms with Crippen LogP contribution in [0.2, 0.25) is 0 Å². The van der Waals surface area contributed by atoms with Crippen LogP contribution in [0.4, 0.5) is 4.39 Å². The molecule has 1 heterocycles. The van der Waals surface area contributed by atoms with Crippen molar-refractivity contribution in [1.82, 2.24) is 4.90 Å². The first-order valence-electron chi connectivity index (χ1n) is 11.3. The van der Waals surface area contributed by atoms with E-state index in [-0.39, 0.29) is 18.3 Å². The van der Waals surface area contributed by atoms with Gasteiger partial charge in [0.2, 0.25) is 0 Å². The Morgan fingerprint density at radius 3 is 2.53 bits per heavy atom. The second-order valence-corrected chi connectivity index (χ2v) is 9.21. The molecule has 0 unspecified atom stereocenters. The number of fused-ring (bicyclic) bond motifs is 1. The van der Waals surface area contributed by atoms with Crippen LogP contribution in [-0.2, 0) is 24.1 Å². The van der Waals surface area contributed by atoms with Gasteiger partial charge >= 0.3 is 5.97 Å². The van der Waals surface area contributed by atoms with Gasteiger partial charge in [-0.15, -0.1) is 0 Å². The number of carboxylic acids is 1. The normalized spacial score (nSPS) is 16.6. The average molecular weight is 462 g/mol. The number of ether oxygens (including phenoxy) is 1. The van der Waals surface area contributed by atoms with Gasteiger partial charge in [0.15, 0.2) is 0 Å². The number of aliphatic carboxylic acids is 1. The summed E-state index contributed by atoms with van der Waals surface area (Å²) >= 11 is 0. The highest BCUT2D eigenvalue weighted by molar-refractivity contribution is 5.96. The molecule has 1 atom stereocenters. The van der Waals surface area contributed by atoms with Crippen LogP contribution in [0.5, 0.6) is 5.75 Å². The predicted octanol–water partition coefficient (Wildman–Crippen LogP) is 4.84. The first-order chi connectivity index (χ1) is 16.2. The van der Waals surface area contributed by atoms with Crippen molar-refractivity contribution in [3.8, 4) is 5.75 Å². The molecule has 3 aromatic rings. The zero-order valence-corrected chi connectivity index (χ0v) is 19.4. The Hall–Kier alpha value is -3.67. The fraction of sp³-hybridized carbons (Fsp3) is 0.286. The summed E-state index contributed by atoms with van der Waals surface area (Å²) in [7, 11) is 0. The standard InChI is InChI=1S/C28H28FNO4/c1-19-4-3-5-20(14-19)12-13-30(18-26(31)32)27(33)22-8-11-25-23(15-22)17-28(2,34-25)16-21-6-9-24(29)10-7-21/h3-11,14-15H,12-13,16-18H2,1-2H3,(H,31,32)/t28-/m0/s1. The average Bonchev–Trinajstić information content (AvgIpc) is 3.12. The number of benzene rings is 3. The van der Waals surface area contributed by atoms with E-state index in [1.807, 2.05) is 38.1 Å². The van der Waals surface area contributed by atoms with Gasteiger partial charge in [-0.1, -0.05) is 42.0 Å². The number of amides is 1. The first-order valence-corrected chi connectivity index (χ1v) is 11.3. The van der Waals surface area contributed by atoms with Gasteiger partial charge in [-0.3, -0.25) is 9.59 Å². The number of rotatable bonds is 8. The molecule has 34 heavy (non-hydrogen) atoms. The van der Waals surface area contributed by atoms with E-state index in [1.54, 1.807) is 30.3 Å². The Morgan fingerprint density at radius 1 is 1.06 bits per heavy atom. The third-order valence-corrected chi connectivity index (χ3v) is 6.09. The highest BCUT2D eigenvalue weighted by atomic mass is 19.1. The van der Waals surface area contributed by atoms with Gasteiger partial charge in [-0.05, 0) is 67.3 Å². The Balaban J connectivity index is 1.48. The van der Waals surface area contributed by atoms with E-state index >= 15 is 0 Å². The molecule has 0 saturated heterocycles. The van der Waals surface area contributed by atoms with E-state index < -0.39 is 11.6 Å². The van der Waals surface area contributed by atoms with Gasteiger partial charge in [0, 0.05) is 24.9 Å². The van der Waals surface area contributed by atoms with Gasteiger partial charge in [0.05, 0.1) is 0 Å². The van der Waals surface area contributed by atoms with Crippen molar-refractivity contribution in [3.05, 3.63) is 100 Å². The van der Waals surface area contributed by atoms with E-state index in [0.717, 1.165) is 22.3 Å². The lowest BCUT2D eigenvalue weighted by Crippen LogP contribution is -2.37. The fourth-order valence-corrected chi connectivity index (χ4v) is 4.52. The van der Waals surface area contributed by atoms with Gasteiger partial charge in [0.25, 0.3) is 5.91 Å². The minimum Gasteiger partial charge on any atom is -0.487 e. The molecule has 3 aromatic carbocycles. The van der Waals surface area contributed by atoms with Crippen LogP contribution in [0.3, 0.4) is 0 Å². The summed E-state index contributed by atoms with van der Waals surface area (Å²) in [6.45, 7) is 3.95.